The monoisotopic (exact) mass is 286 g/mol. The topological polar surface area (TPSA) is 40.6 Å². The first-order valence-corrected chi connectivity index (χ1v) is 7.65. The predicted molar refractivity (Wildman–Crippen MR) is 81.9 cm³/mol. The van der Waals surface area contributed by atoms with Gasteiger partial charge in [0, 0.05) is 43.1 Å². The molecule has 2 aliphatic rings. The highest BCUT2D eigenvalue weighted by molar-refractivity contribution is 5.96. The third-order valence-corrected chi connectivity index (χ3v) is 4.63. The first kappa shape index (κ1) is 14.1. The Morgan fingerprint density at radius 2 is 1.90 bits per heavy atom. The third kappa shape index (κ3) is 2.55. The zero-order valence-corrected chi connectivity index (χ0v) is 12.7. The SMILES string of the molecule is CC(C)C(=O)N1CC[C@]2(CC(=O)N(c3ccccc3)C2)C1. The van der Waals surface area contributed by atoms with Crippen molar-refractivity contribution in [2.45, 2.75) is 26.7 Å². The van der Waals surface area contributed by atoms with Gasteiger partial charge in [0.05, 0.1) is 0 Å². The van der Waals surface area contributed by atoms with E-state index in [0.717, 1.165) is 31.7 Å². The van der Waals surface area contributed by atoms with Gasteiger partial charge in [0.1, 0.15) is 0 Å². The molecule has 1 aromatic carbocycles. The number of carbonyl (C=O) groups is 2. The van der Waals surface area contributed by atoms with Crippen molar-refractivity contribution < 1.29 is 9.59 Å². The molecule has 0 N–H and O–H groups in total. The van der Waals surface area contributed by atoms with Gasteiger partial charge in [-0.05, 0) is 18.6 Å². The molecule has 2 fully saturated rings. The zero-order chi connectivity index (χ0) is 15.0. The van der Waals surface area contributed by atoms with Gasteiger partial charge in [-0.3, -0.25) is 9.59 Å². The number of nitrogens with zero attached hydrogens (tertiary/aromatic N) is 2. The van der Waals surface area contributed by atoms with Crippen LogP contribution in [0.5, 0.6) is 0 Å². The molecule has 0 bridgehead atoms. The Morgan fingerprint density at radius 3 is 2.57 bits per heavy atom. The molecule has 2 saturated heterocycles. The van der Waals surface area contributed by atoms with E-state index in [1.165, 1.54) is 0 Å². The molecule has 0 aromatic heterocycles. The maximum absolute atomic E-state index is 12.4. The van der Waals surface area contributed by atoms with Crippen molar-refractivity contribution in [1.29, 1.82) is 0 Å². The van der Waals surface area contributed by atoms with Gasteiger partial charge < -0.3 is 9.80 Å². The van der Waals surface area contributed by atoms with Crippen LogP contribution in [-0.4, -0.2) is 36.3 Å². The second kappa shape index (κ2) is 5.17. The van der Waals surface area contributed by atoms with Crippen LogP contribution in [0.15, 0.2) is 30.3 Å². The van der Waals surface area contributed by atoms with Crippen LogP contribution in [0.3, 0.4) is 0 Å². The smallest absolute Gasteiger partial charge is 0.227 e. The maximum Gasteiger partial charge on any atom is 0.227 e. The van der Waals surface area contributed by atoms with E-state index in [9.17, 15) is 9.59 Å². The summed E-state index contributed by atoms with van der Waals surface area (Å²) in [6, 6.07) is 9.82. The summed E-state index contributed by atoms with van der Waals surface area (Å²) in [4.78, 5) is 28.3. The molecule has 4 heteroatoms. The predicted octanol–water partition coefficient (Wildman–Crippen LogP) is 2.30. The van der Waals surface area contributed by atoms with E-state index in [-0.39, 0.29) is 23.1 Å². The average Bonchev–Trinajstić information content (AvgIpc) is 3.03. The molecule has 2 amide bonds. The largest absolute Gasteiger partial charge is 0.342 e. The first-order valence-electron chi connectivity index (χ1n) is 7.65. The van der Waals surface area contributed by atoms with Gasteiger partial charge in [-0.25, -0.2) is 0 Å². The van der Waals surface area contributed by atoms with Crippen molar-refractivity contribution >= 4 is 17.5 Å². The first-order chi connectivity index (χ1) is 10.0. The van der Waals surface area contributed by atoms with Gasteiger partial charge in [-0.15, -0.1) is 0 Å². The fraction of sp³-hybridized carbons (Fsp3) is 0.529. The van der Waals surface area contributed by atoms with Crippen LogP contribution in [0, 0.1) is 11.3 Å². The Labute approximate surface area is 125 Å². The number of para-hydroxylation sites is 1. The highest BCUT2D eigenvalue weighted by Gasteiger charge is 2.48. The summed E-state index contributed by atoms with van der Waals surface area (Å²) in [5.41, 5.74) is 0.922. The molecule has 0 aliphatic carbocycles. The number of benzene rings is 1. The highest BCUT2D eigenvalue weighted by Crippen LogP contribution is 2.42. The Bertz CT molecular complexity index is 555. The lowest BCUT2D eigenvalue weighted by molar-refractivity contribution is -0.133. The molecule has 0 radical (unpaired) electrons. The highest BCUT2D eigenvalue weighted by atomic mass is 16.2. The van der Waals surface area contributed by atoms with E-state index in [1.807, 2.05) is 54.0 Å². The number of carbonyl (C=O) groups excluding carboxylic acids is 2. The number of likely N-dealkylation sites (tertiary alicyclic amines) is 1. The Morgan fingerprint density at radius 1 is 1.19 bits per heavy atom. The number of amides is 2. The van der Waals surface area contributed by atoms with Crippen LogP contribution < -0.4 is 4.90 Å². The van der Waals surface area contributed by atoms with E-state index in [4.69, 9.17) is 0 Å². The van der Waals surface area contributed by atoms with Crippen molar-refractivity contribution in [2.24, 2.45) is 11.3 Å². The molecule has 1 atom stereocenters. The maximum atomic E-state index is 12.4. The number of hydrogen-bond acceptors (Lipinski definition) is 2. The van der Waals surface area contributed by atoms with E-state index >= 15 is 0 Å². The fourth-order valence-electron chi connectivity index (χ4n) is 3.50. The van der Waals surface area contributed by atoms with Crippen molar-refractivity contribution in [2.75, 3.05) is 24.5 Å². The van der Waals surface area contributed by atoms with E-state index in [1.54, 1.807) is 0 Å². The molecule has 2 aliphatic heterocycles. The third-order valence-electron chi connectivity index (χ3n) is 4.63. The minimum Gasteiger partial charge on any atom is -0.342 e. The lowest BCUT2D eigenvalue weighted by atomic mass is 9.86. The molecule has 0 saturated carbocycles. The standard InChI is InChI=1S/C17H22N2O2/c1-13(2)16(21)18-9-8-17(11-18)10-15(20)19(12-17)14-6-4-3-5-7-14/h3-7,13H,8-12H2,1-2H3/t17-/m0/s1. The van der Waals surface area contributed by atoms with E-state index in [2.05, 4.69) is 0 Å². The van der Waals surface area contributed by atoms with Crippen LogP contribution in [0.2, 0.25) is 0 Å². The van der Waals surface area contributed by atoms with Crippen molar-refractivity contribution in [1.82, 2.24) is 4.90 Å². The summed E-state index contributed by atoms with van der Waals surface area (Å²) in [5, 5.41) is 0. The minimum atomic E-state index is -0.0442. The molecule has 21 heavy (non-hydrogen) atoms. The second-order valence-electron chi connectivity index (χ2n) is 6.66. The summed E-state index contributed by atoms with van der Waals surface area (Å²) in [5.74, 6) is 0.417. The fourth-order valence-corrected chi connectivity index (χ4v) is 3.50. The van der Waals surface area contributed by atoms with Crippen LogP contribution >= 0.6 is 0 Å². The van der Waals surface area contributed by atoms with E-state index in [0.29, 0.717) is 6.42 Å². The van der Waals surface area contributed by atoms with Crippen LogP contribution in [0.4, 0.5) is 5.69 Å². The summed E-state index contributed by atoms with van der Waals surface area (Å²) >= 11 is 0. The summed E-state index contributed by atoms with van der Waals surface area (Å²) in [6.07, 6.45) is 1.49. The van der Waals surface area contributed by atoms with Gasteiger partial charge >= 0.3 is 0 Å². The Balaban J connectivity index is 1.75. The van der Waals surface area contributed by atoms with E-state index < -0.39 is 0 Å². The van der Waals surface area contributed by atoms with Crippen molar-refractivity contribution in [3.63, 3.8) is 0 Å². The van der Waals surface area contributed by atoms with Crippen LogP contribution in [0.1, 0.15) is 26.7 Å². The molecular weight excluding hydrogens is 264 g/mol. The average molecular weight is 286 g/mol. The lowest BCUT2D eigenvalue weighted by Gasteiger charge is -2.25. The molecule has 3 rings (SSSR count). The van der Waals surface area contributed by atoms with Crippen LogP contribution in [0.25, 0.3) is 0 Å². The summed E-state index contributed by atoms with van der Waals surface area (Å²) < 4.78 is 0. The van der Waals surface area contributed by atoms with Gasteiger partial charge in [0.25, 0.3) is 0 Å². The van der Waals surface area contributed by atoms with Gasteiger partial charge in [0.15, 0.2) is 0 Å². The molecule has 112 valence electrons. The number of hydrogen-bond donors (Lipinski definition) is 0. The molecule has 2 heterocycles. The number of anilines is 1. The molecule has 1 spiro atoms. The molecule has 4 nitrogen and oxygen atoms in total. The lowest BCUT2D eigenvalue weighted by Crippen LogP contribution is -2.36. The van der Waals surface area contributed by atoms with Gasteiger partial charge in [-0.2, -0.15) is 0 Å². The summed E-state index contributed by atoms with van der Waals surface area (Å²) in [7, 11) is 0. The number of rotatable bonds is 2. The normalized spacial score (nSPS) is 25.4. The molecule has 0 unspecified atom stereocenters. The van der Waals surface area contributed by atoms with Crippen molar-refractivity contribution in [3.8, 4) is 0 Å². The zero-order valence-electron chi connectivity index (χ0n) is 12.7. The minimum absolute atomic E-state index is 0.0301. The van der Waals surface area contributed by atoms with Gasteiger partial charge in [0.2, 0.25) is 11.8 Å². The Hall–Kier alpha value is -1.84. The Kier molecular flexibility index (Phi) is 3.47. The quantitative estimate of drug-likeness (QED) is 0.837. The second-order valence-corrected chi connectivity index (χ2v) is 6.66. The molecule has 1 aromatic rings. The van der Waals surface area contributed by atoms with Crippen LogP contribution in [-0.2, 0) is 9.59 Å². The molecular formula is C17H22N2O2. The van der Waals surface area contributed by atoms with Gasteiger partial charge in [-0.1, -0.05) is 32.0 Å². The summed E-state index contributed by atoms with van der Waals surface area (Å²) in [6.45, 7) is 6.11. The van der Waals surface area contributed by atoms with Crippen molar-refractivity contribution in [3.05, 3.63) is 30.3 Å².